The number of carbonyl (C=O) groups excluding carboxylic acids is 3. The van der Waals surface area contributed by atoms with Gasteiger partial charge in [0.05, 0.1) is 5.69 Å². The quantitative estimate of drug-likeness (QED) is 0.809. The molecular weight excluding hydrogens is 291 g/mol. The van der Waals surface area contributed by atoms with Crippen LogP contribution in [0.2, 0.25) is 10.0 Å². The van der Waals surface area contributed by atoms with Crippen LogP contribution >= 0.6 is 23.2 Å². The van der Waals surface area contributed by atoms with Gasteiger partial charge >= 0.3 is 6.03 Å². The van der Waals surface area contributed by atoms with Crippen LogP contribution in [0.4, 0.5) is 10.5 Å². The van der Waals surface area contributed by atoms with E-state index < -0.39 is 23.3 Å². The Balaban J connectivity index is 2.06. The van der Waals surface area contributed by atoms with Gasteiger partial charge in [-0.25, -0.2) is 9.69 Å². The molecule has 2 aliphatic rings. The van der Waals surface area contributed by atoms with Crippen molar-refractivity contribution in [2.24, 2.45) is 5.41 Å². The number of nitrogens with one attached hydrogen (secondary N) is 1. The van der Waals surface area contributed by atoms with Crippen molar-refractivity contribution in [1.29, 1.82) is 0 Å². The zero-order chi connectivity index (χ0) is 13.8. The second kappa shape index (κ2) is 3.95. The Morgan fingerprint density at radius 2 is 1.63 bits per heavy atom. The molecule has 1 heterocycles. The predicted octanol–water partition coefficient (Wildman–Crippen LogP) is 2.36. The van der Waals surface area contributed by atoms with E-state index >= 15 is 0 Å². The standard InChI is InChI=1S/C12H8Cl2N2O3/c13-6-3-7(14)5-8(4-6)16-10(18)12(1-2-12)9(17)15-11(16)19/h3-5H,1-2H2,(H,15,17,19). The van der Waals surface area contributed by atoms with E-state index in [0.717, 1.165) is 4.90 Å². The Bertz CT molecular complexity index is 605. The number of rotatable bonds is 1. The summed E-state index contributed by atoms with van der Waals surface area (Å²) in [5, 5.41) is 2.81. The second-order valence-electron chi connectivity index (χ2n) is 4.61. The molecule has 1 saturated carbocycles. The van der Waals surface area contributed by atoms with Gasteiger partial charge in [0.15, 0.2) is 0 Å². The smallest absolute Gasteiger partial charge is 0.276 e. The third kappa shape index (κ3) is 1.81. The molecule has 1 aliphatic carbocycles. The highest BCUT2D eigenvalue weighted by atomic mass is 35.5. The molecule has 2 fully saturated rings. The van der Waals surface area contributed by atoms with E-state index in [0.29, 0.717) is 22.9 Å². The normalized spacial score (nSPS) is 20.7. The Morgan fingerprint density at radius 3 is 2.16 bits per heavy atom. The summed E-state index contributed by atoms with van der Waals surface area (Å²) >= 11 is 11.7. The van der Waals surface area contributed by atoms with Crippen molar-refractivity contribution in [3.63, 3.8) is 0 Å². The minimum atomic E-state index is -1.08. The molecule has 1 saturated heterocycles. The Kier molecular flexibility index (Phi) is 2.59. The van der Waals surface area contributed by atoms with Crippen molar-refractivity contribution in [2.75, 3.05) is 4.90 Å². The van der Waals surface area contributed by atoms with E-state index in [9.17, 15) is 14.4 Å². The minimum absolute atomic E-state index is 0.263. The van der Waals surface area contributed by atoms with Gasteiger partial charge < -0.3 is 0 Å². The van der Waals surface area contributed by atoms with Gasteiger partial charge in [-0.15, -0.1) is 0 Å². The van der Waals surface area contributed by atoms with Gasteiger partial charge in [0.1, 0.15) is 5.41 Å². The lowest BCUT2D eigenvalue weighted by Crippen LogP contribution is -2.59. The zero-order valence-electron chi connectivity index (χ0n) is 9.57. The van der Waals surface area contributed by atoms with Crippen LogP contribution in [-0.2, 0) is 9.59 Å². The molecule has 1 N–H and O–H groups in total. The zero-order valence-corrected chi connectivity index (χ0v) is 11.1. The molecule has 0 aromatic heterocycles. The topological polar surface area (TPSA) is 66.5 Å². The molecule has 4 amide bonds. The molecule has 7 heteroatoms. The van der Waals surface area contributed by atoms with E-state index in [1.165, 1.54) is 18.2 Å². The number of anilines is 1. The first-order valence-corrected chi connectivity index (χ1v) is 6.36. The van der Waals surface area contributed by atoms with Crippen molar-refractivity contribution in [1.82, 2.24) is 5.32 Å². The van der Waals surface area contributed by atoms with Crippen LogP contribution in [0.1, 0.15) is 12.8 Å². The lowest BCUT2D eigenvalue weighted by atomic mass is 10.0. The maximum Gasteiger partial charge on any atom is 0.335 e. The van der Waals surface area contributed by atoms with Crippen LogP contribution in [0.25, 0.3) is 0 Å². The number of imide groups is 2. The van der Waals surface area contributed by atoms with Crippen LogP contribution < -0.4 is 10.2 Å². The SMILES string of the molecule is O=C1NC(=O)C2(CC2)C(=O)N1c1cc(Cl)cc(Cl)c1. The first-order valence-electron chi connectivity index (χ1n) is 5.60. The van der Waals surface area contributed by atoms with E-state index in [1.54, 1.807) is 0 Å². The van der Waals surface area contributed by atoms with Crippen LogP contribution in [0.3, 0.4) is 0 Å². The monoisotopic (exact) mass is 298 g/mol. The number of hydrogen-bond donors (Lipinski definition) is 1. The van der Waals surface area contributed by atoms with Gasteiger partial charge in [0.25, 0.3) is 5.91 Å². The van der Waals surface area contributed by atoms with Crippen molar-refractivity contribution in [3.8, 4) is 0 Å². The molecule has 0 radical (unpaired) electrons. The highest BCUT2D eigenvalue weighted by Crippen LogP contribution is 2.49. The molecule has 98 valence electrons. The summed E-state index contributed by atoms with van der Waals surface area (Å²) in [7, 11) is 0. The average molecular weight is 299 g/mol. The van der Waals surface area contributed by atoms with Crippen LogP contribution in [0.15, 0.2) is 18.2 Å². The van der Waals surface area contributed by atoms with Crippen molar-refractivity contribution >= 4 is 46.7 Å². The molecule has 0 unspecified atom stereocenters. The lowest BCUT2D eigenvalue weighted by Gasteiger charge is -2.30. The summed E-state index contributed by atoms with van der Waals surface area (Å²) in [6.07, 6.45) is 0.908. The first kappa shape index (κ1) is 12.4. The summed E-state index contributed by atoms with van der Waals surface area (Å²) in [4.78, 5) is 36.8. The van der Waals surface area contributed by atoms with E-state index in [4.69, 9.17) is 23.2 Å². The number of urea groups is 1. The number of benzene rings is 1. The summed E-state index contributed by atoms with van der Waals surface area (Å²) in [6.45, 7) is 0. The Morgan fingerprint density at radius 1 is 1.05 bits per heavy atom. The Hall–Kier alpha value is -1.59. The number of halogens is 2. The molecule has 1 aromatic carbocycles. The molecule has 0 atom stereocenters. The van der Waals surface area contributed by atoms with E-state index in [-0.39, 0.29) is 5.69 Å². The summed E-state index contributed by atoms with van der Waals surface area (Å²) in [5.41, 5.74) is -0.818. The number of barbiturate groups is 1. The van der Waals surface area contributed by atoms with Gasteiger partial charge in [0, 0.05) is 10.0 Å². The third-order valence-electron chi connectivity index (χ3n) is 3.33. The maximum atomic E-state index is 12.3. The maximum absolute atomic E-state index is 12.3. The average Bonchev–Trinajstić information content (AvgIpc) is 3.06. The number of nitrogens with zero attached hydrogens (tertiary/aromatic N) is 1. The summed E-state index contributed by atoms with van der Waals surface area (Å²) in [6, 6.07) is 3.63. The molecular formula is C12H8Cl2N2O3. The molecule has 5 nitrogen and oxygen atoms in total. The summed E-state index contributed by atoms with van der Waals surface area (Å²) in [5.74, 6) is -1.04. The second-order valence-corrected chi connectivity index (χ2v) is 5.48. The minimum Gasteiger partial charge on any atom is -0.276 e. The van der Waals surface area contributed by atoms with Gasteiger partial charge in [-0.05, 0) is 31.0 Å². The fourth-order valence-corrected chi connectivity index (χ4v) is 2.66. The predicted molar refractivity (Wildman–Crippen MR) is 69.2 cm³/mol. The third-order valence-corrected chi connectivity index (χ3v) is 3.76. The lowest BCUT2D eigenvalue weighted by molar-refractivity contribution is -0.136. The number of carbonyl (C=O) groups is 3. The highest BCUT2D eigenvalue weighted by molar-refractivity contribution is 6.36. The number of hydrogen-bond acceptors (Lipinski definition) is 3. The molecule has 1 aliphatic heterocycles. The van der Waals surface area contributed by atoms with Crippen molar-refractivity contribution in [2.45, 2.75) is 12.8 Å². The van der Waals surface area contributed by atoms with E-state index in [2.05, 4.69) is 5.32 Å². The van der Waals surface area contributed by atoms with Gasteiger partial charge in [-0.2, -0.15) is 0 Å². The van der Waals surface area contributed by atoms with Crippen molar-refractivity contribution in [3.05, 3.63) is 28.2 Å². The van der Waals surface area contributed by atoms with E-state index in [1.807, 2.05) is 0 Å². The van der Waals surface area contributed by atoms with Crippen LogP contribution in [0, 0.1) is 5.41 Å². The molecule has 1 aromatic rings. The van der Waals surface area contributed by atoms with Crippen LogP contribution in [-0.4, -0.2) is 17.8 Å². The van der Waals surface area contributed by atoms with Crippen molar-refractivity contribution < 1.29 is 14.4 Å². The largest absolute Gasteiger partial charge is 0.335 e. The van der Waals surface area contributed by atoms with Gasteiger partial charge in [-0.1, -0.05) is 23.2 Å². The molecule has 0 bridgehead atoms. The first-order chi connectivity index (χ1) is 8.94. The molecule has 19 heavy (non-hydrogen) atoms. The van der Waals surface area contributed by atoms with Crippen LogP contribution in [0.5, 0.6) is 0 Å². The van der Waals surface area contributed by atoms with Gasteiger partial charge in [-0.3, -0.25) is 14.9 Å². The Labute approximate surface area is 118 Å². The molecule has 1 spiro atoms. The highest BCUT2D eigenvalue weighted by Gasteiger charge is 2.62. The fraction of sp³-hybridized carbons (Fsp3) is 0.250. The molecule has 3 rings (SSSR count). The summed E-state index contributed by atoms with van der Waals surface area (Å²) < 4.78 is 0. The van der Waals surface area contributed by atoms with Gasteiger partial charge in [0.2, 0.25) is 5.91 Å². The number of amides is 4. The fourth-order valence-electron chi connectivity index (χ4n) is 2.14.